The number of thioether (sulfide) groups is 1. The molecule has 9 heteroatoms. The van der Waals surface area contributed by atoms with E-state index in [0.29, 0.717) is 24.5 Å². The molecule has 0 aromatic heterocycles. The zero-order valence-electron chi connectivity index (χ0n) is 16.5. The Hall–Kier alpha value is -1.58. The maximum absolute atomic E-state index is 13.0. The molecule has 1 atom stereocenters. The Morgan fingerprint density at radius 1 is 1.29 bits per heavy atom. The molecule has 1 aromatic rings. The molecular weight excluding hydrogens is 398 g/mol. The Kier molecular flexibility index (Phi) is 6.36. The van der Waals surface area contributed by atoms with E-state index in [9.17, 15) is 18.0 Å². The fraction of sp³-hybridized carbons (Fsp3) is 0.579. The summed E-state index contributed by atoms with van der Waals surface area (Å²) in [5.74, 6) is -0.100. The normalized spacial score (nSPS) is 20.9. The smallest absolute Gasteiger partial charge is 0.243 e. The number of fused-ring (bicyclic) bond motifs is 1. The number of hydrogen-bond donors (Lipinski definition) is 1. The second-order valence-corrected chi connectivity index (χ2v) is 10.6. The lowest BCUT2D eigenvalue weighted by Gasteiger charge is -2.25. The first-order valence-electron chi connectivity index (χ1n) is 9.58. The van der Waals surface area contributed by atoms with Crippen LogP contribution in [0.4, 0.5) is 5.69 Å². The third-order valence-electron chi connectivity index (χ3n) is 4.85. The summed E-state index contributed by atoms with van der Waals surface area (Å²) >= 11 is 1.52. The summed E-state index contributed by atoms with van der Waals surface area (Å²) in [6.45, 7) is 6.46. The summed E-state index contributed by atoms with van der Waals surface area (Å²) in [7, 11) is -3.60. The lowest BCUT2D eigenvalue weighted by molar-refractivity contribution is -0.125. The van der Waals surface area contributed by atoms with Crippen molar-refractivity contribution >= 4 is 39.3 Å². The van der Waals surface area contributed by atoms with Crippen LogP contribution >= 0.6 is 11.8 Å². The van der Waals surface area contributed by atoms with Crippen molar-refractivity contribution in [1.82, 2.24) is 9.62 Å². The van der Waals surface area contributed by atoms with Gasteiger partial charge in [0.25, 0.3) is 0 Å². The molecule has 0 unspecified atom stereocenters. The van der Waals surface area contributed by atoms with Gasteiger partial charge in [-0.2, -0.15) is 4.31 Å². The van der Waals surface area contributed by atoms with Crippen molar-refractivity contribution in [3.8, 4) is 0 Å². The largest absolute Gasteiger partial charge is 0.352 e. The van der Waals surface area contributed by atoms with Gasteiger partial charge < -0.3 is 10.2 Å². The van der Waals surface area contributed by atoms with Crippen LogP contribution in [-0.2, 0) is 19.6 Å². The van der Waals surface area contributed by atoms with Gasteiger partial charge in [0.15, 0.2) is 0 Å². The van der Waals surface area contributed by atoms with Crippen molar-refractivity contribution in [3.05, 3.63) is 18.2 Å². The minimum atomic E-state index is -3.60. The number of sulfonamides is 1. The molecular formula is C19H27N3O4S2. The van der Waals surface area contributed by atoms with Crippen LogP contribution in [-0.4, -0.2) is 56.0 Å². The van der Waals surface area contributed by atoms with Crippen molar-refractivity contribution in [1.29, 1.82) is 0 Å². The van der Waals surface area contributed by atoms with Gasteiger partial charge in [-0.3, -0.25) is 9.59 Å². The van der Waals surface area contributed by atoms with Gasteiger partial charge in [-0.25, -0.2) is 8.42 Å². The van der Waals surface area contributed by atoms with Gasteiger partial charge in [0.05, 0.1) is 10.6 Å². The van der Waals surface area contributed by atoms with Crippen molar-refractivity contribution in [2.24, 2.45) is 5.92 Å². The van der Waals surface area contributed by atoms with Gasteiger partial charge in [0.2, 0.25) is 21.8 Å². The van der Waals surface area contributed by atoms with Gasteiger partial charge in [-0.05, 0) is 44.9 Å². The van der Waals surface area contributed by atoms with Crippen molar-refractivity contribution in [2.75, 3.05) is 30.3 Å². The first-order valence-corrected chi connectivity index (χ1v) is 12.0. The number of carbonyl (C=O) groups excluding carboxylic acids is 2. The maximum Gasteiger partial charge on any atom is 0.243 e. The predicted molar refractivity (Wildman–Crippen MR) is 110 cm³/mol. The minimum Gasteiger partial charge on any atom is -0.352 e. The van der Waals surface area contributed by atoms with Crippen LogP contribution < -0.4 is 10.2 Å². The number of anilines is 1. The number of rotatable bonds is 5. The van der Waals surface area contributed by atoms with Crippen LogP contribution in [0.2, 0.25) is 0 Å². The standard InChI is InChI=1S/C19H27N3O4S2/c1-13(2)20-18(23)11-22-16-10-15(28(25,26)21-8-4-5-9-21)6-7-17(16)27-12-14(3)19(22)24/h6-7,10,13-14H,4-5,8-9,11-12H2,1-3H3,(H,20,23)/t14-/m1/s1. The van der Waals surface area contributed by atoms with E-state index < -0.39 is 10.0 Å². The van der Waals surface area contributed by atoms with Crippen LogP contribution in [0.3, 0.4) is 0 Å². The number of nitrogens with one attached hydrogen (secondary N) is 1. The van der Waals surface area contributed by atoms with Gasteiger partial charge in [0.1, 0.15) is 6.54 Å². The molecule has 0 bridgehead atoms. The SMILES string of the molecule is CC(C)NC(=O)CN1C(=O)[C@H](C)CSc2ccc(S(=O)(=O)N3CCCC3)cc21. The van der Waals surface area contributed by atoms with E-state index in [2.05, 4.69) is 5.32 Å². The number of hydrogen-bond acceptors (Lipinski definition) is 5. The molecule has 2 heterocycles. The summed E-state index contributed by atoms with van der Waals surface area (Å²) in [6, 6.07) is 4.87. The van der Waals surface area contributed by atoms with Gasteiger partial charge in [-0.15, -0.1) is 11.8 Å². The summed E-state index contributed by atoms with van der Waals surface area (Å²) in [5.41, 5.74) is 0.499. The highest BCUT2D eigenvalue weighted by Crippen LogP contribution is 2.38. The highest BCUT2D eigenvalue weighted by atomic mass is 32.2. The molecule has 1 aromatic carbocycles. The van der Waals surface area contributed by atoms with Crippen LogP contribution in [0.25, 0.3) is 0 Å². The molecule has 2 amide bonds. The van der Waals surface area contributed by atoms with Crippen molar-refractivity contribution < 1.29 is 18.0 Å². The maximum atomic E-state index is 13.0. The molecule has 0 radical (unpaired) electrons. The molecule has 0 saturated carbocycles. The first kappa shape index (κ1) is 21.1. The average molecular weight is 426 g/mol. The van der Waals surface area contributed by atoms with E-state index in [1.165, 1.54) is 21.0 Å². The Bertz CT molecular complexity index is 864. The Morgan fingerprint density at radius 2 is 1.96 bits per heavy atom. The van der Waals surface area contributed by atoms with Crippen LogP contribution in [0.1, 0.15) is 33.6 Å². The number of benzene rings is 1. The minimum absolute atomic E-state index is 0.0391. The highest BCUT2D eigenvalue weighted by Gasteiger charge is 2.33. The zero-order valence-corrected chi connectivity index (χ0v) is 18.1. The van der Waals surface area contributed by atoms with E-state index in [0.717, 1.165) is 17.7 Å². The molecule has 0 aliphatic carbocycles. The van der Waals surface area contributed by atoms with E-state index >= 15 is 0 Å². The summed E-state index contributed by atoms with van der Waals surface area (Å²) < 4.78 is 27.4. The Balaban J connectivity index is 1.99. The first-order chi connectivity index (χ1) is 13.2. The van der Waals surface area contributed by atoms with Crippen molar-refractivity contribution in [3.63, 3.8) is 0 Å². The monoisotopic (exact) mass is 425 g/mol. The van der Waals surface area contributed by atoms with Gasteiger partial charge in [-0.1, -0.05) is 6.92 Å². The second-order valence-electron chi connectivity index (χ2n) is 7.60. The number of nitrogens with zero attached hydrogens (tertiary/aromatic N) is 2. The molecule has 1 N–H and O–H groups in total. The molecule has 0 spiro atoms. The zero-order chi connectivity index (χ0) is 20.5. The molecule has 7 nitrogen and oxygen atoms in total. The molecule has 2 aliphatic heterocycles. The topological polar surface area (TPSA) is 86.8 Å². The third-order valence-corrected chi connectivity index (χ3v) is 8.07. The summed E-state index contributed by atoms with van der Waals surface area (Å²) in [4.78, 5) is 27.7. The Labute approximate surface area is 170 Å². The highest BCUT2D eigenvalue weighted by molar-refractivity contribution is 7.99. The van der Waals surface area contributed by atoms with E-state index in [4.69, 9.17) is 0 Å². The summed E-state index contributed by atoms with van der Waals surface area (Å²) in [6.07, 6.45) is 1.72. The second kappa shape index (κ2) is 8.42. The molecule has 1 fully saturated rings. The molecule has 3 rings (SSSR count). The van der Waals surface area contributed by atoms with Crippen molar-refractivity contribution in [2.45, 2.75) is 49.4 Å². The van der Waals surface area contributed by atoms with Gasteiger partial charge >= 0.3 is 0 Å². The lowest BCUT2D eigenvalue weighted by atomic mass is 10.1. The van der Waals surface area contributed by atoms with Crippen LogP contribution in [0.5, 0.6) is 0 Å². The molecule has 28 heavy (non-hydrogen) atoms. The summed E-state index contributed by atoms with van der Waals surface area (Å²) in [5, 5.41) is 2.80. The van der Waals surface area contributed by atoms with E-state index in [1.54, 1.807) is 18.2 Å². The Morgan fingerprint density at radius 3 is 2.61 bits per heavy atom. The fourth-order valence-electron chi connectivity index (χ4n) is 3.41. The average Bonchev–Trinajstić information content (AvgIpc) is 3.15. The number of carbonyl (C=O) groups is 2. The fourth-order valence-corrected chi connectivity index (χ4v) is 6.00. The number of amides is 2. The van der Waals surface area contributed by atoms with Crippen LogP contribution in [0.15, 0.2) is 28.0 Å². The molecule has 1 saturated heterocycles. The quantitative estimate of drug-likeness (QED) is 0.780. The van der Waals surface area contributed by atoms with Gasteiger partial charge in [0, 0.05) is 35.7 Å². The molecule has 154 valence electrons. The lowest BCUT2D eigenvalue weighted by Crippen LogP contribution is -2.44. The van der Waals surface area contributed by atoms with E-state index in [1.807, 2.05) is 20.8 Å². The predicted octanol–water partition coefficient (Wildman–Crippen LogP) is 2.07. The van der Waals surface area contributed by atoms with Crippen LogP contribution in [0, 0.1) is 5.92 Å². The molecule has 2 aliphatic rings. The van der Waals surface area contributed by atoms with E-state index in [-0.39, 0.29) is 35.2 Å². The third kappa shape index (κ3) is 4.36.